The standard InChI is InChI=1S/C8H13ClOSi/c1-11(2,3)8-5-4-7(6-9)10-8/h4-5H,6H2,1-3H3. The van der Waals surface area contributed by atoms with E-state index in [0.717, 1.165) is 11.1 Å². The van der Waals surface area contributed by atoms with Crippen LogP contribution in [0.15, 0.2) is 16.5 Å². The van der Waals surface area contributed by atoms with Crippen LogP contribution in [0.1, 0.15) is 5.76 Å². The number of alkyl halides is 1. The van der Waals surface area contributed by atoms with Crippen LogP contribution in [0.5, 0.6) is 0 Å². The van der Waals surface area contributed by atoms with Crippen LogP contribution in [0.3, 0.4) is 0 Å². The predicted octanol–water partition coefficient (Wildman–Crippen LogP) is 2.56. The summed E-state index contributed by atoms with van der Waals surface area (Å²) in [5, 5.41) is 1.13. The maximum atomic E-state index is 5.61. The zero-order valence-electron chi connectivity index (χ0n) is 7.15. The van der Waals surface area contributed by atoms with Gasteiger partial charge in [-0.1, -0.05) is 19.6 Å². The van der Waals surface area contributed by atoms with Crippen molar-refractivity contribution in [1.29, 1.82) is 0 Å². The predicted molar refractivity (Wildman–Crippen MR) is 51.2 cm³/mol. The first kappa shape index (κ1) is 8.88. The fourth-order valence-electron chi connectivity index (χ4n) is 0.853. The highest BCUT2D eigenvalue weighted by Crippen LogP contribution is 2.08. The minimum atomic E-state index is -1.25. The normalized spacial score (nSPS) is 12.0. The summed E-state index contributed by atoms with van der Waals surface area (Å²) in [4.78, 5) is 0. The van der Waals surface area contributed by atoms with Crippen LogP contribution in [0.2, 0.25) is 19.6 Å². The Hall–Kier alpha value is -0.213. The first-order chi connectivity index (χ1) is 5.04. The van der Waals surface area contributed by atoms with E-state index < -0.39 is 8.07 Å². The zero-order valence-corrected chi connectivity index (χ0v) is 8.90. The van der Waals surface area contributed by atoms with E-state index in [-0.39, 0.29) is 0 Å². The summed E-state index contributed by atoms with van der Waals surface area (Å²) in [6.45, 7) is 6.76. The van der Waals surface area contributed by atoms with Crippen LogP contribution in [-0.4, -0.2) is 8.07 Å². The number of halogens is 1. The molecule has 0 amide bonds. The zero-order chi connectivity index (χ0) is 8.48. The molecule has 0 atom stereocenters. The van der Waals surface area contributed by atoms with E-state index in [4.69, 9.17) is 16.0 Å². The summed E-state index contributed by atoms with van der Waals surface area (Å²) in [6, 6.07) is 4.00. The molecule has 0 aliphatic heterocycles. The Bertz CT molecular complexity index is 236. The van der Waals surface area contributed by atoms with Crippen LogP contribution >= 0.6 is 11.6 Å². The molecule has 0 unspecified atom stereocenters. The van der Waals surface area contributed by atoms with Gasteiger partial charge in [-0.25, -0.2) is 0 Å². The van der Waals surface area contributed by atoms with Crippen molar-refractivity contribution in [2.45, 2.75) is 25.5 Å². The molecule has 62 valence electrons. The third-order valence-corrected chi connectivity index (χ3v) is 3.54. The minimum Gasteiger partial charge on any atom is -0.470 e. The Morgan fingerprint density at radius 1 is 1.36 bits per heavy atom. The summed E-state index contributed by atoms with van der Waals surface area (Å²) in [7, 11) is -1.25. The number of hydrogen-bond donors (Lipinski definition) is 0. The summed E-state index contributed by atoms with van der Waals surface area (Å²) in [6.07, 6.45) is 0. The smallest absolute Gasteiger partial charge is 0.123 e. The molecule has 1 rings (SSSR count). The van der Waals surface area contributed by atoms with Crippen LogP contribution < -0.4 is 5.38 Å². The highest BCUT2D eigenvalue weighted by Gasteiger charge is 2.20. The summed E-state index contributed by atoms with van der Waals surface area (Å²) in [5.74, 6) is 1.36. The van der Waals surface area contributed by atoms with Gasteiger partial charge in [0.15, 0.2) is 0 Å². The largest absolute Gasteiger partial charge is 0.470 e. The second-order valence-corrected chi connectivity index (χ2v) is 8.91. The van der Waals surface area contributed by atoms with Gasteiger partial charge in [0.1, 0.15) is 13.8 Å². The molecule has 0 saturated heterocycles. The number of rotatable bonds is 2. The molecule has 0 spiro atoms. The van der Waals surface area contributed by atoms with Crippen molar-refractivity contribution in [2.24, 2.45) is 0 Å². The third-order valence-electron chi connectivity index (χ3n) is 1.53. The minimum absolute atomic E-state index is 0.477. The van der Waals surface area contributed by atoms with Gasteiger partial charge < -0.3 is 4.42 Å². The molecule has 0 saturated carbocycles. The first-order valence-corrected chi connectivity index (χ1v) is 7.72. The summed E-state index contributed by atoms with van der Waals surface area (Å²) >= 11 is 5.61. The molecule has 0 aromatic carbocycles. The number of furan rings is 1. The Balaban J connectivity index is 2.89. The van der Waals surface area contributed by atoms with Crippen molar-refractivity contribution in [1.82, 2.24) is 0 Å². The molecular formula is C8H13ClOSi. The molecule has 1 nitrogen and oxygen atoms in total. The van der Waals surface area contributed by atoms with Gasteiger partial charge >= 0.3 is 0 Å². The second-order valence-electron chi connectivity index (χ2n) is 3.65. The van der Waals surface area contributed by atoms with Crippen molar-refractivity contribution < 1.29 is 4.42 Å². The van der Waals surface area contributed by atoms with Crippen molar-refractivity contribution in [2.75, 3.05) is 0 Å². The fourth-order valence-corrected chi connectivity index (χ4v) is 2.02. The van der Waals surface area contributed by atoms with Crippen molar-refractivity contribution in [3.63, 3.8) is 0 Å². The molecule has 0 aliphatic carbocycles. The van der Waals surface area contributed by atoms with Gasteiger partial charge in [0.05, 0.1) is 11.3 Å². The van der Waals surface area contributed by atoms with E-state index in [1.54, 1.807) is 0 Å². The molecule has 1 heterocycles. The molecular weight excluding hydrogens is 176 g/mol. The second kappa shape index (κ2) is 3.03. The molecule has 0 fully saturated rings. The lowest BCUT2D eigenvalue weighted by atomic mass is 10.5. The topological polar surface area (TPSA) is 13.1 Å². The van der Waals surface area contributed by atoms with Crippen molar-refractivity contribution in [3.05, 3.63) is 17.9 Å². The van der Waals surface area contributed by atoms with Gasteiger partial charge in [-0.15, -0.1) is 11.6 Å². The van der Waals surface area contributed by atoms with E-state index in [9.17, 15) is 0 Å². The molecule has 0 aliphatic rings. The maximum absolute atomic E-state index is 5.61. The summed E-state index contributed by atoms with van der Waals surface area (Å²) < 4.78 is 5.53. The molecule has 3 heteroatoms. The Labute approximate surface area is 73.4 Å². The van der Waals surface area contributed by atoms with E-state index in [1.165, 1.54) is 0 Å². The van der Waals surface area contributed by atoms with Gasteiger partial charge in [-0.2, -0.15) is 0 Å². The Morgan fingerprint density at radius 3 is 2.27 bits per heavy atom. The molecule has 1 aromatic rings. The number of hydrogen-bond acceptors (Lipinski definition) is 1. The molecule has 0 radical (unpaired) electrons. The third kappa shape index (κ3) is 2.11. The lowest BCUT2D eigenvalue weighted by Crippen LogP contribution is -2.36. The van der Waals surface area contributed by atoms with Gasteiger partial charge in [0, 0.05) is 0 Å². The molecule has 11 heavy (non-hydrogen) atoms. The van der Waals surface area contributed by atoms with Crippen LogP contribution in [0, 0.1) is 0 Å². The van der Waals surface area contributed by atoms with Crippen molar-refractivity contribution >= 4 is 25.1 Å². The van der Waals surface area contributed by atoms with E-state index >= 15 is 0 Å². The lowest BCUT2D eigenvalue weighted by molar-refractivity contribution is 0.556. The van der Waals surface area contributed by atoms with E-state index in [1.807, 2.05) is 12.1 Å². The average molecular weight is 189 g/mol. The Morgan fingerprint density at radius 2 is 2.00 bits per heavy atom. The van der Waals surface area contributed by atoms with Gasteiger partial charge in [-0.05, 0) is 12.1 Å². The maximum Gasteiger partial charge on any atom is 0.123 e. The van der Waals surface area contributed by atoms with Crippen molar-refractivity contribution in [3.8, 4) is 0 Å². The van der Waals surface area contributed by atoms with Crippen LogP contribution in [0.4, 0.5) is 0 Å². The molecule has 1 aromatic heterocycles. The quantitative estimate of drug-likeness (QED) is 0.514. The van der Waals surface area contributed by atoms with E-state index in [0.29, 0.717) is 5.88 Å². The lowest BCUT2D eigenvalue weighted by Gasteiger charge is -2.10. The first-order valence-electron chi connectivity index (χ1n) is 3.69. The fraction of sp³-hybridized carbons (Fsp3) is 0.500. The molecule has 0 bridgehead atoms. The van der Waals surface area contributed by atoms with Crippen LogP contribution in [-0.2, 0) is 5.88 Å². The van der Waals surface area contributed by atoms with E-state index in [2.05, 4.69) is 19.6 Å². The Kier molecular flexibility index (Phi) is 2.45. The van der Waals surface area contributed by atoms with Gasteiger partial charge in [0.25, 0.3) is 0 Å². The summed E-state index contributed by atoms with van der Waals surface area (Å²) in [5.41, 5.74) is 0. The SMILES string of the molecule is C[Si](C)(C)c1ccc(CCl)o1. The van der Waals surface area contributed by atoms with Gasteiger partial charge in [0.2, 0.25) is 0 Å². The highest BCUT2D eigenvalue weighted by atomic mass is 35.5. The van der Waals surface area contributed by atoms with Gasteiger partial charge in [-0.3, -0.25) is 0 Å². The monoisotopic (exact) mass is 188 g/mol. The highest BCUT2D eigenvalue weighted by molar-refractivity contribution is 6.87. The van der Waals surface area contributed by atoms with Crippen LogP contribution in [0.25, 0.3) is 0 Å². The average Bonchev–Trinajstić information content (AvgIpc) is 2.32. The molecule has 0 N–H and O–H groups in total.